The van der Waals surface area contributed by atoms with Gasteiger partial charge in [-0.3, -0.25) is 10.1 Å². The molecular weight excluding hydrogens is 399 g/mol. The van der Waals surface area contributed by atoms with Crippen LogP contribution in [0.15, 0.2) is 48.5 Å². The van der Waals surface area contributed by atoms with E-state index >= 15 is 0 Å². The number of amides is 1. The second-order valence-corrected chi connectivity index (χ2v) is 7.85. The quantitative estimate of drug-likeness (QED) is 0.690. The summed E-state index contributed by atoms with van der Waals surface area (Å²) in [4.78, 5) is 24.5. The minimum Gasteiger partial charge on any atom is -0.480 e. The Bertz CT molecular complexity index is 853. The fourth-order valence-electron chi connectivity index (χ4n) is 3.58. The summed E-state index contributed by atoms with van der Waals surface area (Å²) in [5.74, 6) is -1.37. The van der Waals surface area contributed by atoms with E-state index in [1.54, 1.807) is 24.3 Å². The van der Waals surface area contributed by atoms with Crippen LogP contribution in [0.3, 0.4) is 0 Å². The summed E-state index contributed by atoms with van der Waals surface area (Å²) in [5, 5.41) is 16.1. The number of hydrogen-bond acceptors (Lipinski definition) is 3. The van der Waals surface area contributed by atoms with E-state index in [1.807, 2.05) is 32.0 Å². The summed E-state index contributed by atoms with van der Waals surface area (Å²) in [5.41, 5.74) is 2.69. The zero-order chi connectivity index (χ0) is 19.6. The van der Waals surface area contributed by atoms with Gasteiger partial charge in [0.15, 0.2) is 0 Å². The van der Waals surface area contributed by atoms with Crippen LogP contribution in [0.25, 0.3) is 0 Å². The van der Waals surface area contributed by atoms with Crippen molar-refractivity contribution >= 4 is 35.9 Å². The second kappa shape index (κ2) is 8.95. The maximum atomic E-state index is 12.8. The summed E-state index contributed by atoms with van der Waals surface area (Å²) in [7, 11) is 0. The highest BCUT2D eigenvalue weighted by atomic mass is 35.5. The highest BCUT2D eigenvalue weighted by molar-refractivity contribution is 6.30. The van der Waals surface area contributed by atoms with Crippen LogP contribution in [-0.2, 0) is 28.0 Å². The van der Waals surface area contributed by atoms with E-state index in [9.17, 15) is 14.7 Å². The van der Waals surface area contributed by atoms with Gasteiger partial charge in [-0.15, -0.1) is 12.4 Å². The Labute approximate surface area is 175 Å². The van der Waals surface area contributed by atoms with Gasteiger partial charge in [0.05, 0.1) is 6.04 Å². The molecule has 5 nitrogen and oxygen atoms in total. The van der Waals surface area contributed by atoms with Crippen molar-refractivity contribution in [1.29, 1.82) is 0 Å². The van der Waals surface area contributed by atoms with Crippen molar-refractivity contribution in [3.63, 3.8) is 0 Å². The van der Waals surface area contributed by atoms with Crippen molar-refractivity contribution in [3.05, 3.63) is 70.2 Å². The summed E-state index contributed by atoms with van der Waals surface area (Å²) in [6.07, 6.45) is 0.726. The molecule has 3 N–H and O–H groups in total. The molecule has 0 aromatic heterocycles. The van der Waals surface area contributed by atoms with Gasteiger partial charge < -0.3 is 10.4 Å². The van der Waals surface area contributed by atoms with Crippen molar-refractivity contribution in [2.75, 3.05) is 0 Å². The average Bonchev–Trinajstić information content (AvgIpc) is 2.62. The SMILES string of the molecule is CC1(C)NC(C(=O)N[C@H](Cc2ccc(Cl)cc2)C(=O)O)Cc2ccccc21.Cl. The molecule has 0 radical (unpaired) electrons. The Morgan fingerprint density at radius 3 is 2.50 bits per heavy atom. The molecule has 1 aliphatic rings. The Balaban J connectivity index is 0.00000280. The number of carbonyl (C=O) groups is 2. The van der Waals surface area contributed by atoms with Crippen LogP contribution in [0.5, 0.6) is 0 Å². The fourth-order valence-corrected chi connectivity index (χ4v) is 3.71. The Kier molecular flexibility index (Phi) is 7.10. The van der Waals surface area contributed by atoms with Crippen molar-refractivity contribution in [3.8, 4) is 0 Å². The van der Waals surface area contributed by atoms with Crippen molar-refractivity contribution in [2.45, 2.75) is 44.3 Å². The molecule has 1 aliphatic heterocycles. The third-order valence-electron chi connectivity index (χ3n) is 4.93. The number of rotatable bonds is 5. The maximum Gasteiger partial charge on any atom is 0.326 e. The van der Waals surface area contributed by atoms with E-state index < -0.39 is 18.1 Å². The normalized spacial score (nSPS) is 18.3. The fraction of sp³-hybridized carbons (Fsp3) is 0.333. The number of nitrogens with one attached hydrogen (secondary N) is 2. The Morgan fingerprint density at radius 2 is 1.86 bits per heavy atom. The lowest BCUT2D eigenvalue weighted by Crippen LogP contribution is -2.58. The molecule has 2 aromatic rings. The molecule has 0 bridgehead atoms. The van der Waals surface area contributed by atoms with Gasteiger partial charge in [-0.05, 0) is 49.1 Å². The highest BCUT2D eigenvalue weighted by Gasteiger charge is 2.36. The van der Waals surface area contributed by atoms with Crippen LogP contribution < -0.4 is 10.6 Å². The monoisotopic (exact) mass is 422 g/mol. The Morgan fingerprint density at radius 1 is 1.21 bits per heavy atom. The number of aliphatic carboxylic acids is 1. The predicted octanol–water partition coefficient (Wildman–Crippen LogP) is 3.32. The molecule has 7 heteroatoms. The van der Waals surface area contributed by atoms with E-state index in [-0.39, 0.29) is 30.3 Å². The standard InChI is InChI=1S/C21H23ClN2O3.ClH/c1-21(2)16-6-4-3-5-14(16)12-17(24-21)19(25)23-18(20(26)27)11-13-7-9-15(22)10-8-13;/h3-10,17-18,24H,11-12H2,1-2H3,(H,23,25)(H,26,27);1H/t17?,18-;/m1./s1. The zero-order valence-corrected chi connectivity index (χ0v) is 17.3. The van der Waals surface area contributed by atoms with Crippen LogP contribution in [0.1, 0.15) is 30.5 Å². The molecule has 1 heterocycles. The lowest BCUT2D eigenvalue weighted by Gasteiger charge is -2.38. The first-order chi connectivity index (χ1) is 12.8. The number of halogens is 2. The van der Waals surface area contributed by atoms with E-state index in [0.717, 1.165) is 16.7 Å². The van der Waals surface area contributed by atoms with Gasteiger partial charge in [0, 0.05) is 17.0 Å². The van der Waals surface area contributed by atoms with E-state index in [2.05, 4.69) is 16.7 Å². The molecule has 0 saturated heterocycles. The van der Waals surface area contributed by atoms with Crippen LogP contribution in [0, 0.1) is 0 Å². The third-order valence-corrected chi connectivity index (χ3v) is 5.19. The van der Waals surface area contributed by atoms with E-state index in [4.69, 9.17) is 11.6 Å². The molecule has 0 spiro atoms. The van der Waals surface area contributed by atoms with Crippen LogP contribution in [0.4, 0.5) is 0 Å². The minimum atomic E-state index is -1.06. The number of benzene rings is 2. The van der Waals surface area contributed by atoms with Gasteiger partial charge in [0.25, 0.3) is 0 Å². The molecule has 28 heavy (non-hydrogen) atoms. The molecule has 2 atom stereocenters. The predicted molar refractivity (Wildman–Crippen MR) is 112 cm³/mol. The lowest BCUT2D eigenvalue weighted by atomic mass is 9.82. The maximum absolute atomic E-state index is 12.8. The minimum absolute atomic E-state index is 0. The van der Waals surface area contributed by atoms with Crippen LogP contribution in [0.2, 0.25) is 5.02 Å². The van der Waals surface area contributed by atoms with Crippen molar-refractivity contribution < 1.29 is 14.7 Å². The first-order valence-corrected chi connectivity index (χ1v) is 9.28. The third kappa shape index (κ3) is 5.04. The van der Waals surface area contributed by atoms with Gasteiger partial charge in [0.2, 0.25) is 5.91 Å². The van der Waals surface area contributed by atoms with Crippen molar-refractivity contribution in [1.82, 2.24) is 10.6 Å². The lowest BCUT2D eigenvalue weighted by molar-refractivity contribution is -0.142. The first-order valence-electron chi connectivity index (χ1n) is 8.90. The highest BCUT2D eigenvalue weighted by Crippen LogP contribution is 2.30. The number of carbonyl (C=O) groups excluding carboxylic acids is 1. The van der Waals surface area contributed by atoms with E-state index in [1.165, 1.54) is 0 Å². The van der Waals surface area contributed by atoms with Gasteiger partial charge in [-0.2, -0.15) is 0 Å². The number of fused-ring (bicyclic) bond motifs is 1. The van der Waals surface area contributed by atoms with Gasteiger partial charge in [-0.1, -0.05) is 48.0 Å². The number of hydrogen-bond donors (Lipinski definition) is 3. The number of carboxylic acids is 1. The molecular formula is C21H24Cl2N2O3. The van der Waals surface area contributed by atoms with Crippen LogP contribution >= 0.6 is 24.0 Å². The molecule has 2 aromatic carbocycles. The van der Waals surface area contributed by atoms with Gasteiger partial charge in [-0.25, -0.2) is 4.79 Å². The van der Waals surface area contributed by atoms with Gasteiger partial charge in [0.1, 0.15) is 6.04 Å². The summed E-state index contributed by atoms with van der Waals surface area (Å²) < 4.78 is 0. The summed E-state index contributed by atoms with van der Waals surface area (Å²) in [6.45, 7) is 4.04. The molecule has 1 unspecified atom stereocenters. The average molecular weight is 423 g/mol. The topological polar surface area (TPSA) is 78.4 Å². The first kappa shape index (κ1) is 22.2. The summed E-state index contributed by atoms with van der Waals surface area (Å²) in [6, 6.07) is 13.5. The molecule has 0 fully saturated rings. The Hall–Kier alpha value is -2.08. The smallest absolute Gasteiger partial charge is 0.326 e. The number of carboxylic acid groups (broad SMARTS) is 1. The largest absolute Gasteiger partial charge is 0.480 e. The van der Waals surface area contributed by atoms with Crippen molar-refractivity contribution in [2.24, 2.45) is 0 Å². The molecule has 0 saturated carbocycles. The molecule has 0 aliphatic carbocycles. The van der Waals surface area contributed by atoms with Crippen LogP contribution in [-0.4, -0.2) is 29.1 Å². The van der Waals surface area contributed by atoms with Gasteiger partial charge >= 0.3 is 5.97 Å². The summed E-state index contributed by atoms with van der Waals surface area (Å²) >= 11 is 5.87. The molecule has 150 valence electrons. The molecule has 1 amide bonds. The van der Waals surface area contributed by atoms with E-state index in [0.29, 0.717) is 11.4 Å². The second-order valence-electron chi connectivity index (χ2n) is 7.41. The molecule has 3 rings (SSSR count). The zero-order valence-electron chi connectivity index (χ0n) is 15.7.